The number of rotatable bonds is 5. The molecule has 0 unspecified atom stereocenters. The van der Waals surface area contributed by atoms with Gasteiger partial charge in [-0.25, -0.2) is 9.59 Å². The molecule has 8 nitrogen and oxygen atoms in total. The van der Waals surface area contributed by atoms with Crippen molar-refractivity contribution in [2.45, 2.75) is 64.8 Å². The van der Waals surface area contributed by atoms with Crippen LogP contribution in [0.5, 0.6) is 5.75 Å². The van der Waals surface area contributed by atoms with Crippen molar-refractivity contribution >= 4 is 23.0 Å². The van der Waals surface area contributed by atoms with Gasteiger partial charge in [0.2, 0.25) is 0 Å². The number of fused-ring (bicyclic) bond motifs is 1. The lowest BCUT2D eigenvalue weighted by Gasteiger charge is -2.39. The van der Waals surface area contributed by atoms with Gasteiger partial charge in [0, 0.05) is 42.3 Å². The molecule has 2 atom stereocenters. The Balaban J connectivity index is 1.72. The van der Waals surface area contributed by atoms with E-state index < -0.39 is 11.7 Å². The normalized spacial score (nSPS) is 18.6. The molecule has 0 bridgehead atoms. The highest BCUT2D eigenvalue weighted by atomic mass is 16.6. The first-order valence-electron chi connectivity index (χ1n) is 12.6. The maximum atomic E-state index is 13.0. The zero-order chi connectivity index (χ0) is 26.9. The maximum absolute atomic E-state index is 13.0. The summed E-state index contributed by atoms with van der Waals surface area (Å²) in [5.41, 5.74) is 10.2. The van der Waals surface area contributed by atoms with Crippen LogP contribution < -0.4 is 10.5 Å². The van der Waals surface area contributed by atoms with Gasteiger partial charge in [-0.1, -0.05) is 12.1 Å². The molecule has 8 heteroatoms. The van der Waals surface area contributed by atoms with Crippen LogP contribution in [0.3, 0.4) is 0 Å². The fraction of sp³-hybridized carbons (Fsp3) is 0.448. The summed E-state index contributed by atoms with van der Waals surface area (Å²) in [7, 11) is 3.05. The molecule has 4 rings (SSSR count). The van der Waals surface area contributed by atoms with Gasteiger partial charge in [-0.15, -0.1) is 0 Å². The van der Waals surface area contributed by atoms with Crippen molar-refractivity contribution in [3.63, 3.8) is 0 Å². The van der Waals surface area contributed by atoms with Crippen LogP contribution >= 0.6 is 0 Å². The van der Waals surface area contributed by atoms with Crippen LogP contribution in [0.2, 0.25) is 0 Å². The Morgan fingerprint density at radius 2 is 1.81 bits per heavy atom. The molecular weight excluding hydrogens is 470 g/mol. The number of ether oxygens (including phenoxy) is 3. The molecule has 3 aromatic rings. The highest BCUT2D eigenvalue weighted by molar-refractivity contribution is 5.95. The quantitative estimate of drug-likeness (QED) is 0.475. The highest BCUT2D eigenvalue weighted by Crippen LogP contribution is 2.38. The Hall–Kier alpha value is -3.36. The molecule has 1 saturated heterocycles. The molecule has 2 N–H and O–H groups in total. The van der Waals surface area contributed by atoms with Crippen molar-refractivity contribution in [1.82, 2.24) is 9.47 Å². The molecule has 0 spiro atoms. The minimum Gasteiger partial charge on any atom is -0.496 e. The molecule has 0 aliphatic carbocycles. The van der Waals surface area contributed by atoms with Crippen LogP contribution in [-0.4, -0.2) is 53.9 Å². The van der Waals surface area contributed by atoms with E-state index >= 15 is 0 Å². The summed E-state index contributed by atoms with van der Waals surface area (Å²) in [6.45, 7) is 8.98. The molecular formula is C29H37N3O5. The number of carbonyl (C=O) groups excluding carboxylic acids is 2. The number of esters is 1. The van der Waals surface area contributed by atoms with E-state index in [1.54, 1.807) is 30.0 Å². The van der Waals surface area contributed by atoms with E-state index in [2.05, 4.69) is 4.90 Å². The van der Waals surface area contributed by atoms with Gasteiger partial charge in [0.1, 0.15) is 11.4 Å². The van der Waals surface area contributed by atoms with E-state index in [1.165, 1.54) is 7.11 Å². The molecule has 2 heterocycles. The van der Waals surface area contributed by atoms with E-state index in [0.717, 1.165) is 52.7 Å². The van der Waals surface area contributed by atoms with Crippen LogP contribution in [0.4, 0.5) is 4.79 Å². The number of benzene rings is 2. The van der Waals surface area contributed by atoms with Crippen molar-refractivity contribution in [2.75, 3.05) is 20.8 Å². The number of aromatic nitrogens is 1. The van der Waals surface area contributed by atoms with E-state index in [1.807, 2.05) is 52.0 Å². The SMILES string of the molecule is COC(=O)c1ccc([C@H]2C[C@H](N)CCN2Cc2c(OC)cc(C)c3c2ccn3C(=O)OC(C)(C)C)cc1. The summed E-state index contributed by atoms with van der Waals surface area (Å²) in [5.74, 6) is 0.423. The lowest BCUT2D eigenvalue weighted by atomic mass is 9.91. The van der Waals surface area contributed by atoms with Crippen molar-refractivity contribution in [1.29, 1.82) is 0 Å². The molecule has 198 valence electrons. The largest absolute Gasteiger partial charge is 0.496 e. The monoisotopic (exact) mass is 507 g/mol. The average Bonchev–Trinajstić information content (AvgIpc) is 3.31. The number of carbonyl (C=O) groups is 2. The van der Waals surface area contributed by atoms with Gasteiger partial charge in [-0.2, -0.15) is 0 Å². The van der Waals surface area contributed by atoms with Crippen LogP contribution in [0.1, 0.15) is 66.7 Å². The zero-order valence-electron chi connectivity index (χ0n) is 22.5. The van der Waals surface area contributed by atoms with Gasteiger partial charge < -0.3 is 19.9 Å². The summed E-state index contributed by atoms with van der Waals surface area (Å²) in [6, 6.07) is 11.6. The standard InChI is InChI=1S/C29H37N3O5/c1-18-15-25(35-5)23(22-12-14-32(26(18)22)28(34)37-29(2,3)4)17-31-13-11-21(30)16-24(31)19-7-9-20(10-8-19)27(33)36-6/h7-10,12,14-15,21,24H,11,13,16-17,30H2,1-6H3/t21-,24-/m1/s1. The average molecular weight is 508 g/mol. The van der Waals surface area contributed by atoms with Gasteiger partial charge in [0.15, 0.2) is 0 Å². The molecule has 1 aromatic heterocycles. The lowest BCUT2D eigenvalue weighted by molar-refractivity contribution is 0.0542. The third kappa shape index (κ3) is 5.65. The van der Waals surface area contributed by atoms with Crippen molar-refractivity contribution < 1.29 is 23.8 Å². The Morgan fingerprint density at radius 3 is 2.43 bits per heavy atom. The first-order valence-corrected chi connectivity index (χ1v) is 12.6. The first-order chi connectivity index (χ1) is 17.5. The number of methoxy groups -OCH3 is 2. The van der Waals surface area contributed by atoms with Crippen molar-refractivity contribution in [3.05, 3.63) is 64.8 Å². The number of aryl methyl sites for hydroxylation is 1. The Morgan fingerprint density at radius 1 is 1.11 bits per heavy atom. The van der Waals surface area contributed by atoms with Crippen molar-refractivity contribution in [3.8, 4) is 5.75 Å². The lowest BCUT2D eigenvalue weighted by Crippen LogP contribution is -2.41. The van der Waals surface area contributed by atoms with Crippen LogP contribution in [0, 0.1) is 6.92 Å². The number of nitrogens with zero attached hydrogens (tertiary/aromatic N) is 2. The number of hydrogen-bond acceptors (Lipinski definition) is 7. The minimum absolute atomic E-state index is 0.0736. The van der Waals surface area contributed by atoms with Gasteiger partial charge in [-0.3, -0.25) is 9.47 Å². The minimum atomic E-state index is -0.597. The molecule has 37 heavy (non-hydrogen) atoms. The predicted molar refractivity (Wildman–Crippen MR) is 143 cm³/mol. The highest BCUT2D eigenvalue weighted by Gasteiger charge is 2.30. The van der Waals surface area contributed by atoms with Gasteiger partial charge in [-0.05, 0) is 75.9 Å². The molecule has 1 aliphatic rings. The summed E-state index contributed by atoms with van der Waals surface area (Å²) >= 11 is 0. The van der Waals surface area contributed by atoms with Crippen LogP contribution in [-0.2, 0) is 16.0 Å². The molecule has 1 fully saturated rings. The molecule has 1 aliphatic heterocycles. The fourth-order valence-electron chi connectivity index (χ4n) is 5.11. The second-order valence-electron chi connectivity index (χ2n) is 10.7. The summed E-state index contributed by atoms with van der Waals surface area (Å²) in [5, 5.41) is 0.956. The summed E-state index contributed by atoms with van der Waals surface area (Å²) in [6.07, 6.45) is 3.04. The summed E-state index contributed by atoms with van der Waals surface area (Å²) in [4.78, 5) is 27.3. The third-order valence-electron chi connectivity index (χ3n) is 6.87. The van der Waals surface area contributed by atoms with Gasteiger partial charge in [0.05, 0.1) is 25.3 Å². The molecule has 2 aromatic carbocycles. The number of likely N-dealkylation sites (tertiary alicyclic amines) is 1. The molecule has 0 amide bonds. The van der Waals surface area contributed by atoms with Crippen LogP contribution in [0.15, 0.2) is 42.6 Å². The molecule has 0 radical (unpaired) electrons. The van der Waals surface area contributed by atoms with E-state index in [9.17, 15) is 9.59 Å². The van der Waals surface area contributed by atoms with E-state index in [-0.39, 0.29) is 18.1 Å². The zero-order valence-corrected chi connectivity index (χ0v) is 22.5. The Kier molecular flexibility index (Phi) is 7.62. The van der Waals surface area contributed by atoms with Crippen molar-refractivity contribution in [2.24, 2.45) is 5.73 Å². The Labute approximate surface area is 218 Å². The summed E-state index contributed by atoms with van der Waals surface area (Å²) < 4.78 is 17.9. The third-order valence-corrected chi connectivity index (χ3v) is 6.87. The van der Waals surface area contributed by atoms with Crippen LogP contribution in [0.25, 0.3) is 10.9 Å². The number of nitrogens with two attached hydrogens (primary N) is 1. The number of hydrogen-bond donors (Lipinski definition) is 1. The van der Waals surface area contributed by atoms with E-state index in [0.29, 0.717) is 12.1 Å². The molecule has 0 saturated carbocycles. The smallest absolute Gasteiger partial charge is 0.419 e. The second-order valence-corrected chi connectivity index (χ2v) is 10.7. The fourth-order valence-corrected chi connectivity index (χ4v) is 5.11. The van der Waals surface area contributed by atoms with Gasteiger partial charge >= 0.3 is 12.1 Å². The predicted octanol–water partition coefficient (Wildman–Crippen LogP) is 5.19. The first kappa shape index (κ1) is 26.7. The maximum Gasteiger partial charge on any atom is 0.419 e. The van der Waals surface area contributed by atoms with E-state index in [4.69, 9.17) is 19.9 Å². The van der Waals surface area contributed by atoms with Gasteiger partial charge in [0.25, 0.3) is 0 Å². The second kappa shape index (κ2) is 10.6. The topological polar surface area (TPSA) is 96.0 Å². The number of piperidine rings is 1. The Bertz CT molecular complexity index is 1290.